The van der Waals surface area contributed by atoms with Gasteiger partial charge in [0.15, 0.2) is 0 Å². The Morgan fingerprint density at radius 1 is 1.58 bits per heavy atom. The van der Waals surface area contributed by atoms with Gasteiger partial charge in [-0.3, -0.25) is 4.79 Å². The predicted octanol–water partition coefficient (Wildman–Crippen LogP) is 0.398. The van der Waals surface area contributed by atoms with E-state index in [0.717, 1.165) is 0 Å². The van der Waals surface area contributed by atoms with E-state index >= 15 is 0 Å². The number of hydrogen-bond acceptors (Lipinski definition) is 2. The van der Waals surface area contributed by atoms with Gasteiger partial charge in [-0.25, -0.2) is 4.79 Å². The molecule has 12 heavy (non-hydrogen) atoms. The third kappa shape index (κ3) is 3.18. The van der Waals surface area contributed by atoms with Gasteiger partial charge in [0.05, 0.1) is 0 Å². The molecule has 2 atom stereocenters. The van der Waals surface area contributed by atoms with Crippen molar-refractivity contribution in [1.29, 1.82) is 0 Å². The maximum absolute atomic E-state index is 10.6. The number of amides is 1. The number of hydrogen-bond donors (Lipinski definition) is 2. The highest BCUT2D eigenvalue weighted by molar-refractivity contribution is 5.82. The molecule has 4 nitrogen and oxygen atoms in total. The van der Waals surface area contributed by atoms with E-state index in [4.69, 9.17) is 5.11 Å². The molecule has 0 spiro atoms. The van der Waals surface area contributed by atoms with E-state index in [1.54, 1.807) is 6.92 Å². The highest BCUT2D eigenvalue weighted by Gasteiger charge is 2.22. The van der Waals surface area contributed by atoms with Crippen molar-refractivity contribution in [2.24, 2.45) is 5.92 Å². The first-order valence-electron chi connectivity index (χ1n) is 3.61. The Bertz CT molecular complexity index is 200. The second-order valence-electron chi connectivity index (χ2n) is 2.61. The maximum atomic E-state index is 10.6. The number of carboxylic acids is 1. The summed E-state index contributed by atoms with van der Waals surface area (Å²) in [6.07, 6.45) is 1.49. The Morgan fingerprint density at radius 3 is 2.33 bits per heavy atom. The van der Waals surface area contributed by atoms with E-state index in [0.29, 0.717) is 0 Å². The van der Waals surface area contributed by atoms with Crippen molar-refractivity contribution < 1.29 is 14.7 Å². The van der Waals surface area contributed by atoms with E-state index in [2.05, 4.69) is 11.9 Å². The molecule has 0 aliphatic heterocycles. The fraction of sp³-hybridized carbons (Fsp3) is 0.500. The smallest absolute Gasteiger partial charge is 0.326 e. The van der Waals surface area contributed by atoms with Crippen LogP contribution in [0.5, 0.6) is 0 Å². The molecule has 2 N–H and O–H groups in total. The van der Waals surface area contributed by atoms with Gasteiger partial charge in [-0.2, -0.15) is 0 Å². The highest BCUT2D eigenvalue weighted by atomic mass is 16.4. The minimum absolute atomic E-state index is 0.272. The summed E-state index contributed by atoms with van der Waals surface area (Å²) in [6.45, 7) is 6.42. The molecule has 0 aliphatic carbocycles. The van der Waals surface area contributed by atoms with Crippen molar-refractivity contribution in [1.82, 2.24) is 5.32 Å². The van der Waals surface area contributed by atoms with Gasteiger partial charge in [0, 0.05) is 12.8 Å². The highest BCUT2D eigenvalue weighted by Crippen LogP contribution is 2.03. The van der Waals surface area contributed by atoms with Crippen LogP contribution < -0.4 is 5.32 Å². The molecule has 68 valence electrons. The van der Waals surface area contributed by atoms with E-state index in [-0.39, 0.29) is 11.8 Å². The largest absolute Gasteiger partial charge is 0.480 e. The molecule has 1 amide bonds. The van der Waals surface area contributed by atoms with Gasteiger partial charge in [0.1, 0.15) is 6.04 Å². The van der Waals surface area contributed by atoms with E-state index in [9.17, 15) is 9.59 Å². The van der Waals surface area contributed by atoms with Crippen molar-refractivity contribution in [2.75, 3.05) is 0 Å². The van der Waals surface area contributed by atoms with Gasteiger partial charge < -0.3 is 10.4 Å². The van der Waals surface area contributed by atoms with Gasteiger partial charge in [0.25, 0.3) is 0 Å². The Kier molecular flexibility index (Phi) is 4.04. The summed E-state index contributed by atoms with van der Waals surface area (Å²) in [5.41, 5.74) is 0. The van der Waals surface area contributed by atoms with Crippen LogP contribution >= 0.6 is 0 Å². The summed E-state index contributed by atoms with van der Waals surface area (Å²) in [4.78, 5) is 21.1. The first-order chi connectivity index (χ1) is 5.49. The number of carbonyl (C=O) groups excluding carboxylic acids is 1. The quantitative estimate of drug-likeness (QED) is 0.601. The molecule has 0 aliphatic rings. The number of carboxylic acid groups (broad SMARTS) is 1. The van der Waals surface area contributed by atoms with Crippen LogP contribution in [0.15, 0.2) is 12.7 Å². The molecule has 0 fully saturated rings. The zero-order valence-electron chi connectivity index (χ0n) is 7.20. The van der Waals surface area contributed by atoms with Crippen LogP contribution in [0.3, 0.4) is 0 Å². The third-order valence-corrected chi connectivity index (χ3v) is 1.52. The molecule has 0 aromatic carbocycles. The van der Waals surface area contributed by atoms with Gasteiger partial charge in [0.2, 0.25) is 5.91 Å². The Labute approximate surface area is 71.3 Å². The predicted molar refractivity (Wildman–Crippen MR) is 44.6 cm³/mol. The summed E-state index contributed by atoms with van der Waals surface area (Å²) < 4.78 is 0. The van der Waals surface area contributed by atoms with Crippen molar-refractivity contribution >= 4 is 11.9 Å². The molecule has 0 rings (SSSR count). The summed E-state index contributed by atoms with van der Waals surface area (Å²) in [6, 6.07) is -0.875. The second-order valence-corrected chi connectivity index (χ2v) is 2.61. The molecule has 0 saturated carbocycles. The van der Waals surface area contributed by atoms with Gasteiger partial charge >= 0.3 is 5.97 Å². The summed E-state index contributed by atoms with van der Waals surface area (Å²) in [7, 11) is 0. The lowest BCUT2D eigenvalue weighted by Gasteiger charge is -2.16. The minimum atomic E-state index is -1.04. The van der Waals surface area contributed by atoms with Crippen LogP contribution in [0, 0.1) is 5.92 Å². The second kappa shape index (κ2) is 4.54. The Hall–Kier alpha value is -1.32. The number of nitrogens with one attached hydrogen (secondary N) is 1. The first kappa shape index (κ1) is 10.7. The molecule has 0 aromatic heterocycles. The topological polar surface area (TPSA) is 66.4 Å². The minimum Gasteiger partial charge on any atom is -0.480 e. The van der Waals surface area contributed by atoms with Crippen LogP contribution in [0.2, 0.25) is 0 Å². The summed E-state index contributed by atoms with van der Waals surface area (Å²) in [5, 5.41) is 11.0. The lowest BCUT2D eigenvalue weighted by Crippen LogP contribution is -2.43. The van der Waals surface area contributed by atoms with Crippen LogP contribution in [-0.4, -0.2) is 23.0 Å². The molecular weight excluding hydrogens is 158 g/mol. The average molecular weight is 171 g/mol. The van der Waals surface area contributed by atoms with Crippen molar-refractivity contribution in [2.45, 2.75) is 19.9 Å². The number of carbonyl (C=O) groups is 2. The zero-order chi connectivity index (χ0) is 9.72. The lowest BCUT2D eigenvalue weighted by atomic mass is 10.0. The molecule has 0 radical (unpaired) electrons. The molecule has 4 heteroatoms. The molecule has 0 saturated heterocycles. The molecular formula is C8H13NO3. The van der Waals surface area contributed by atoms with Crippen molar-refractivity contribution in [3.63, 3.8) is 0 Å². The lowest BCUT2D eigenvalue weighted by molar-refractivity contribution is -0.142. The Balaban J connectivity index is 4.32. The van der Waals surface area contributed by atoms with E-state index < -0.39 is 12.0 Å². The maximum Gasteiger partial charge on any atom is 0.326 e. The van der Waals surface area contributed by atoms with E-state index in [1.165, 1.54) is 13.0 Å². The normalized spacial score (nSPS) is 14.5. The zero-order valence-corrected chi connectivity index (χ0v) is 7.20. The SMILES string of the molecule is C=C[C@H](C)[C@H](NC(C)=O)C(=O)O. The molecule has 0 bridgehead atoms. The number of rotatable bonds is 4. The van der Waals surface area contributed by atoms with Gasteiger partial charge in [-0.05, 0) is 0 Å². The third-order valence-electron chi connectivity index (χ3n) is 1.52. The van der Waals surface area contributed by atoms with Gasteiger partial charge in [-0.1, -0.05) is 13.0 Å². The molecule has 0 heterocycles. The number of aliphatic carboxylic acids is 1. The summed E-state index contributed by atoms with van der Waals surface area (Å²) >= 11 is 0. The first-order valence-corrected chi connectivity index (χ1v) is 3.61. The molecule has 0 aromatic rings. The Morgan fingerprint density at radius 2 is 2.08 bits per heavy atom. The average Bonchev–Trinajstić information content (AvgIpc) is 1.98. The molecule has 0 unspecified atom stereocenters. The van der Waals surface area contributed by atoms with Crippen LogP contribution in [-0.2, 0) is 9.59 Å². The van der Waals surface area contributed by atoms with Crippen LogP contribution in [0.1, 0.15) is 13.8 Å². The summed E-state index contributed by atoms with van der Waals surface area (Å²) in [5.74, 6) is -1.67. The fourth-order valence-corrected chi connectivity index (χ4v) is 0.773. The van der Waals surface area contributed by atoms with Gasteiger partial charge in [-0.15, -0.1) is 6.58 Å². The monoisotopic (exact) mass is 171 g/mol. The van der Waals surface area contributed by atoms with Crippen molar-refractivity contribution in [3.8, 4) is 0 Å². The van der Waals surface area contributed by atoms with Crippen LogP contribution in [0.25, 0.3) is 0 Å². The standard InChI is InChI=1S/C8H13NO3/c1-4-5(2)7(8(11)12)9-6(3)10/h4-5,7H,1H2,2-3H3,(H,9,10)(H,11,12)/t5-,7-/m0/s1. The fourth-order valence-electron chi connectivity index (χ4n) is 0.773. The van der Waals surface area contributed by atoms with Crippen LogP contribution in [0.4, 0.5) is 0 Å². The van der Waals surface area contributed by atoms with E-state index in [1.807, 2.05) is 0 Å². The van der Waals surface area contributed by atoms with Crippen molar-refractivity contribution in [3.05, 3.63) is 12.7 Å².